The standard InChI is InChI=1S/C23H26FN5OS/c1-15-26-18(14-31-15)12-21(30)29-10-5-4-9-20(29)22-19(13-25-23(27-22)28(2)3)16-7-6-8-17(24)11-16/h6-8,11,13-14,20H,4-5,9-10,12H2,1-3H3/t20-/m0/s1. The van der Waals surface area contributed by atoms with Crippen LogP contribution >= 0.6 is 11.3 Å². The van der Waals surface area contributed by atoms with Crippen LogP contribution in [-0.4, -0.2) is 46.4 Å². The van der Waals surface area contributed by atoms with E-state index in [4.69, 9.17) is 4.98 Å². The number of aromatic nitrogens is 3. The lowest BCUT2D eigenvalue weighted by Crippen LogP contribution is -2.40. The predicted octanol–water partition coefficient (Wildman–Crippen LogP) is 4.41. The second-order valence-electron chi connectivity index (χ2n) is 8.01. The van der Waals surface area contributed by atoms with Gasteiger partial charge in [-0.25, -0.2) is 19.3 Å². The summed E-state index contributed by atoms with van der Waals surface area (Å²) in [6.45, 7) is 2.62. The number of hydrogen-bond donors (Lipinski definition) is 0. The molecule has 0 aliphatic carbocycles. The average molecular weight is 440 g/mol. The van der Waals surface area contributed by atoms with Crippen molar-refractivity contribution < 1.29 is 9.18 Å². The molecule has 3 heterocycles. The first-order valence-corrected chi connectivity index (χ1v) is 11.3. The van der Waals surface area contributed by atoms with E-state index in [1.807, 2.05) is 42.3 Å². The van der Waals surface area contributed by atoms with Gasteiger partial charge in [0.15, 0.2) is 0 Å². The maximum absolute atomic E-state index is 14.0. The molecule has 1 atom stereocenters. The zero-order chi connectivity index (χ0) is 22.0. The van der Waals surface area contributed by atoms with Crippen LogP contribution < -0.4 is 4.90 Å². The van der Waals surface area contributed by atoms with Crippen molar-refractivity contribution in [3.8, 4) is 11.1 Å². The van der Waals surface area contributed by atoms with Gasteiger partial charge in [-0.05, 0) is 43.9 Å². The molecule has 2 aromatic heterocycles. The van der Waals surface area contributed by atoms with E-state index in [0.29, 0.717) is 18.1 Å². The minimum Gasteiger partial charge on any atom is -0.347 e. The molecule has 3 aromatic rings. The van der Waals surface area contributed by atoms with Gasteiger partial charge in [0, 0.05) is 37.8 Å². The molecule has 1 saturated heterocycles. The Morgan fingerprint density at radius 3 is 2.84 bits per heavy atom. The van der Waals surface area contributed by atoms with E-state index >= 15 is 0 Å². The average Bonchev–Trinajstić information content (AvgIpc) is 3.17. The van der Waals surface area contributed by atoms with Gasteiger partial charge >= 0.3 is 0 Å². The normalized spacial score (nSPS) is 16.4. The third kappa shape index (κ3) is 4.74. The fourth-order valence-corrected chi connectivity index (χ4v) is 4.61. The van der Waals surface area contributed by atoms with Crippen LogP contribution in [0.1, 0.15) is 41.7 Å². The number of likely N-dealkylation sites (tertiary alicyclic amines) is 1. The van der Waals surface area contributed by atoms with Crippen molar-refractivity contribution in [2.24, 2.45) is 0 Å². The van der Waals surface area contributed by atoms with Gasteiger partial charge in [-0.1, -0.05) is 12.1 Å². The summed E-state index contributed by atoms with van der Waals surface area (Å²) in [5.74, 6) is 0.309. The number of aryl methyl sites for hydroxylation is 1. The number of halogens is 1. The monoisotopic (exact) mass is 439 g/mol. The molecule has 6 nitrogen and oxygen atoms in total. The van der Waals surface area contributed by atoms with Gasteiger partial charge in [-0.3, -0.25) is 4.79 Å². The molecule has 0 bridgehead atoms. The molecular weight excluding hydrogens is 413 g/mol. The Balaban J connectivity index is 1.73. The van der Waals surface area contributed by atoms with Crippen molar-refractivity contribution >= 4 is 23.2 Å². The Bertz CT molecular complexity index is 1080. The van der Waals surface area contributed by atoms with Crippen molar-refractivity contribution in [1.82, 2.24) is 19.9 Å². The first-order valence-electron chi connectivity index (χ1n) is 10.4. The number of nitrogens with zero attached hydrogens (tertiary/aromatic N) is 5. The molecular formula is C23H26FN5OS. The van der Waals surface area contributed by atoms with Crippen LogP contribution in [0, 0.1) is 12.7 Å². The van der Waals surface area contributed by atoms with E-state index in [2.05, 4.69) is 9.97 Å². The Labute approximate surface area is 185 Å². The molecule has 8 heteroatoms. The summed E-state index contributed by atoms with van der Waals surface area (Å²) in [6, 6.07) is 6.27. The highest BCUT2D eigenvalue weighted by atomic mass is 32.1. The highest BCUT2D eigenvalue weighted by Gasteiger charge is 2.32. The summed E-state index contributed by atoms with van der Waals surface area (Å²) in [4.78, 5) is 30.8. The van der Waals surface area contributed by atoms with Crippen molar-refractivity contribution in [1.29, 1.82) is 0 Å². The second-order valence-corrected chi connectivity index (χ2v) is 9.07. The van der Waals surface area contributed by atoms with Crippen LogP contribution in [0.3, 0.4) is 0 Å². The van der Waals surface area contributed by atoms with E-state index in [9.17, 15) is 9.18 Å². The first kappa shape index (κ1) is 21.4. The van der Waals surface area contributed by atoms with Gasteiger partial charge in [0.05, 0.1) is 28.9 Å². The SMILES string of the molecule is Cc1nc(CC(=O)N2CCCC[C@H]2c2nc(N(C)C)ncc2-c2cccc(F)c2)cs1. The van der Waals surface area contributed by atoms with Crippen molar-refractivity contribution in [3.05, 3.63) is 58.1 Å². The number of anilines is 1. The molecule has 162 valence electrons. The number of hydrogen-bond acceptors (Lipinski definition) is 6. The molecule has 1 aliphatic heterocycles. The van der Waals surface area contributed by atoms with Crippen LogP contribution in [0.15, 0.2) is 35.8 Å². The molecule has 1 amide bonds. The zero-order valence-electron chi connectivity index (χ0n) is 18.0. The summed E-state index contributed by atoms with van der Waals surface area (Å²) in [6.07, 6.45) is 4.80. The largest absolute Gasteiger partial charge is 0.347 e. The molecule has 4 rings (SSSR count). The summed E-state index contributed by atoms with van der Waals surface area (Å²) in [5, 5.41) is 2.90. The molecule has 0 N–H and O–H groups in total. The number of piperidine rings is 1. The number of carbonyl (C=O) groups is 1. The van der Waals surface area contributed by atoms with Gasteiger partial charge in [0.25, 0.3) is 0 Å². The fourth-order valence-electron chi connectivity index (χ4n) is 3.99. The number of carbonyl (C=O) groups excluding carboxylic acids is 1. The van der Waals surface area contributed by atoms with E-state index in [1.165, 1.54) is 12.1 Å². The van der Waals surface area contributed by atoms with Gasteiger partial charge in [0.1, 0.15) is 5.82 Å². The third-order valence-electron chi connectivity index (χ3n) is 5.48. The molecule has 1 aliphatic rings. The Morgan fingerprint density at radius 1 is 1.29 bits per heavy atom. The molecule has 1 aromatic carbocycles. The number of rotatable bonds is 5. The summed E-state index contributed by atoms with van der Waals surface area (Å²) >= 11 is 1.55. The molecule has 31 heavy (non-hydrogen) atoms. The molecule has 0 spiro atoms. The number of thiazole rings is 1. The predicted molar refractivity (Wildman–Crippen MR) is 121 cm³/mol. The molecule has 0 saturated carbocycles. The van der Waals surface area contributed by atoms with Crippen LogP contribution in [0.25, 0.3) is 11.1 Å². The van der Waals surface area contributed by atoms with Crippen molar-refractivity contribution in [3.63, 3.8) is 0 Å². The fraction of sp³-hybridized carbons (Fsp3) is 0.391. The van der Waals surface area contributed by atoms with Crippen molar-refractivity contribution in [2.45, 2.75) is 38.6 Å². The molecule has 0 unspecified atom stereocenters. The maximum Gasteiger partial charge on any atom is 0.229 e. The Morgan fingerprint density at radius 2 is 2.13 bits per heavy atom. The van der Waals surface area contributed by atoms with Gasteiger partial charge in [0.2, 0.25) is 11.9 Å². The first-order chi connectivity index (χ1) is 14.9. The van der Waals surface area contributed by atoms with Crippen molar-refractivity contribution in [2.75, 3.05) is 25.5 Å². The number of benzene rings is 1. The van der Waals surface area contributed by atoms with E-state index in [1.54, 1.807) is 23.6 Å². The topological polar surface area (TPSA) is 62.2 Å². The lowest BCUT2D eigenvalue weighted by molar-refractivity contribution is -0.134. The maximum atomic E-state index is 14.0. The van der Waals surface area contributed by atoms with Crippen LogP contribution in [0.2, 0.25) is 0 Å². The smallest absolute Gasteiger partial charge is 0.229 e. The van der Waals surface area contributed by atoms with Crippen LogP contribution in [-0.2, 0) is 11.2 Å². The number of amides is 1. The third-order valence-corrected chi connectivity index (χ3v) is 6.30. The van der Waals surface area contributed by atoms with E-state index in [0.717, 1.165) is 41.2 Å². The minimum absolute atomic E-state index is 0.0465. The van der Waals surface area contributed by atoms with Gasteiger partial charge in [-0.15, -0.1) is 11.3 Å². The summed E-state index contributed by atoms with van der Waals surface area (Å²) in [5.41, 5.74) is 3.05. The summed E-state index contributed by atoms with van der Waals surface area (Å²) < 4.78 is 14.0. The second kappa shape index (κ2) is 9.09. The Kier molecular flexibility index (Phi) is 6.27. The van der Waals surface area contributed by atoms with Crippen LogP contribution in [0.5, 0.6) is 0 Å². The van der Waals surface area contributed by atoms with Gasteiger partial charge < -0.3 is 9.80 Å². The Hall–Kier alpha value is -2.87. The quantitative estimate of drug-likeness (QED) is 0.589. The van der Waals surface area contributed by atoms with Crippen LogP contribution in [0.4, 0.5) is 10.3 Å². The summed E-state index contributed by atoms with van der Waals surface area (Å²) in [7, 11) is 3.77. The molecule has 0 radical (unpaired) electrons. The molecule has 1 fully saturated rings. The van der Waals surface area contributed by atoms with E-state index in [-0.39, 0.29) is 24.2 Å². The van der Waals surface area contributed by atoms with Gasteiger partial charge in [-0.2, -0.15) is 0 Å². The zero-order valence-corrected chi connectivity index (χ0v) is 18.8. The van der Waals surface area contributed by atoms with E-state index < -0.39 is 0 Å². The minimum atomic E-state index is -0.310. The lowest BCUT2D eigenvalue weighted by atomic mass is 9.93. The highest BCUT2D eigenvalue weighted by molar-refractivity contribution is 7.09. The lowest BCUT2D eigenvalue weighted by Gasteiger charge is -2.36. The highest BCUT2D eigenvalue weighted by Crippen LogP contribution is 2.37.